The number of aromatic amines is 1. The Bertz CT molecular complexity index is 701. The van der Waals surface area contributed by atoms with E-state index < -0.39 is 37.2 Å². The highest BCUT2D eigenvalue weighted by molar-refractivity contribution is 5.67. The van der Waals surface area contributed by atoms with Crippen molar-refractivity contribution in [1.82, 2.24) is 19.5 Å². The summed E-state index contributed by atoms with van der Waals surface area (Å²) >= 11 is 0. The first-order chi connectivity index (χ1) is 9.54. The molecule has 5 N–H and O–H groups in total. The predicted octanol–water partition coefficient (Wildman–Crippen LogP) is -2.01. The molecular formula is C10H12FN5O4. The zero-order chi connectivity index (χ0) is 14.4. The maximum absolute atomic E-state index is 14.0. The molecule has 4 atom stereocenters. The zero-order valence-electron chi connectivity index (χ0n) is 10.1. The molecular weight excluding hydrogens is 273 g/mol. The molecule has 108 valence electrons. The number of H-pyrrole nitrogens is 1. The summed E-state index contributed by atoms with van der Waals surface area (Å²) < 4.78 is 19.9. The Labute approximate surface area is 110 Å². The van der Waals surface area contributed by atoms with Gasteiger partial charge in [0, 0.05) is 0 Å². The average Bonchev–Trinajstić information content (AvgIpc) is 2.98. The highest BCUT2D eigenvalue weighted by atomic mass is 19.1. The van der Waals surface area contributed by atoms with Gasteiger partial charge < -0.3 is 25.0 Å². The summed E-state index contributed by atoms with van der Waals surface area (Å²) in [5.41, 5.74) is -0.139. The molecule has 3 rings (SSSR count). The third kappa shape index (κ3) is 1.73. The van der Waals surface area contributed by atoms with E-state index in [1.54, 1.807) is 0 Å². The van der Waals surface area contributed by atoms with Gasteiger partial charge in [-0.05, 0) is 0 Å². The van der Waals surface area contributed by atoms with Crippen LogP contribution in [0.25, 0.3) is 11.2 Å². The van der Waals surface area contributed by atoms with Gasteiger partial charge in [-0.3, -0.25) is 9.98 Å². The molecule has 0 amide bonds. The van der Waals surface area contributed by atoms with Crippen molar-refractivity contribution in [3.63, 3.8) is 0 Å². The Morgan fingerprint density at radius 1 is 1.45 bits per heavy atom. The molecule has 9 nitrogen and oxygen atoms in total. The second kappa shape index (κ2) is 4.59. The van der Waals surface area contributed by atoms with Crippen LogP contribution >= 0.6 is 0 Å². The maximum atomic E-state index is 14.0. The van der Waals surface area contributed by atoms with Crippen LogP contribution in [0.15, 0.2) is 6.33 Å². The van der Waals surface area contributed by atoms with Gasteiger partial charge in [0.15, 0.2) is 17.4 Å². The Morgan fingerprint density at radius 2 is 2.20 bits per heavy atom. The van der Waals surface area contributed by atoms with E-state index in [9.17, 15) is 14.6 Å². The molecule has 0 spiro atoms. The number of nitrogens with zero attached hydrogens (tertiary/aromatic N) is 3. The number of hydrogen-bond acceptors (Lipinski definition) is 7. The molecule has 0 aromatic carbocycles. The minimum Gasteiger partial charge on any atom is -0.394 e. The highest BCUT2D eigenvalue weighted by Crippen LogP contribution is 2.28. The van der Waals surface area contributed by atoms with Gasteiger partial charge in [0.25, 0.3) is 6.08 Å². The molecule has 0 bridgehead atoms. The first-order valence-electron chi connectivity index (χ1n) is 5.82. The number of nitrogens with one attached hydrogen (secondary N) is 2. The SMILES string of the molecule is N=c1c2[nH]cnc2nc(F)n1[C@@H]1O[C@H](CO)[C@@H](O)[C@@H]1O. The molecule has 0 radical (unpaired) electrons. The quantitative estimate of drug-likeness (QED) is 0.404. The molecule has 0 saturated carbocycles. The number of fused-ring (bicyclic) bond motifs is 1. The predicted molar refractivity (Wildman–Crippen MR) is 60.7 cm³/mol. The molecule has 10 heteroatoms. The molecule has 2 aromatic heterocycles. The highest BCUT2D eigenvalue weighted by Gasteiger charge is 2.44. The minimum absolute atomic E-state index is 0.0236. The monoisotopic (exact) mass is 285 g/mol. The van der Waals surface area contributed by atoms with Crippen molar-refractivity contribution < 1.29 is 24.4 Å². The van der Waals surface area contributed by atoms with Crippen LogP contribution < -0.4 is 5.49 Å². The Balaban J connectivity index is 2.13. The molecule has 1 aliphatic heterocycles. The lowest BCUT2D eigenvalue weighted by Gasteiger charge is -2.18. The third-order valence-corrected chi connectivity index (χ3v) is 3.27. The van der Waals surface area contributed by atoms with Gasteiger partial charge in [-0.15, -0.1) is 0 Å². The van der Waals surface area contributed by atoms with Gasteiger partial charge in [0.2, 0.25) is 0 Å². The lowest BCUT2D eigenvalue weighted by atomic mass is 10.1. The number of halogens is 1. The number of imidazole rings is 1. The molecule has 2 aromatic rings. The van der Waals surface area contributed by atoms with E-state index in [-0.39, 0.29) is 16.7 Å². The molecule has 3 heterocycles. The lowest BCUT2D eigenvalue weighted by Crippen LogP contribution is -2.37. The fourth-order valence-electron chi connectivity index (χ4n) is 2.23. The fraction of sp³-hybridized carbons (Fsp3) is 0.500. The van der Waals surface area contributed by atoms with Crippen LogP contribution in [0, 0.1) is 11.5 Å². The fourth-order valence-corrected chi connectivity index (χ4v) is 2.23. The van der Waals surface area contributed by atoms with Crippen molar-refractivity contribution >= 4 is 11.2 Å². The number of aliphatic hydroxyl groups excluding tert-OH is 3. The molecule has 1 saturated heterocycles. The third-order valence-electron chi connectivity index (χ3n) is 3.27. The largest absolute Gasteiger partial charge is 0.394 e. The summed E-state index contributed by atoms with van der Waals surface area (Å²) in [6.07, 6.45) is -5.10. The first-order valence-corrected chi connectivity index (χ1v) is 5.82. The summed E-state index contributed by atoms with van der Waals surface area (Å²) in [5.74, 6) is 0. The van der Waals surface area contributed by atoms with E-state index in [4.69, 9.17) is 15.3 Å². The number of aliphatic hydroxyl groups is 3. The van der Waals surface area contributed by atoms with Crippen LogP contribution in [-0.4, -0.2) is 59.8 Å². The Kier molecular flexibility index (Phi) is 3.01. The molecule has 20 heavy (non-hydrogen) atoms. The van der Waals surface area contributed by atoms with Crippen molar-refractivity contribution in [2.75, 3.05) is 6.61 Å². The lowest BCUT2D eigenvalue weighted by molar-refractivity contribution is -0.0605. The van der Waals surface area contributed by atoms with Crippen molar-refractivity contribution in [3.05, 3.63) is 17.9 Å². The van der Waals surface area contributed by atoms with Gasteiger partial charge >= 0.3 is 0 Å². The summed E-state index contributed by atoms with van der Waals surface area (Å²) in [6, 6.07) is 0. The van der Waals surface area contributed by atoms with Gasteiger partial charge in [-0.2, -0.15) is 9.37 Å². The molecule has 0 aliphatic carbocycles. The smallest absolute Gasteiger partial charge is 0.295 e. The van der Waals surface area contributed by atoms with E-state index in [0.717, 1.165) is 0 Å². The van der Waals surface area contributed by atoms with E-state index in [1.165, 1.54) is 6.33 Å². The average molecular weight is 285 g/mol. The maximum Gasteiger partial charge on any atom is 0.295 e. The van der Waals surface area contributed by atoms with Crippen LogP contribution in [0.4, 0.5) is 4.39 Å². The van der Waals surface area contributed by atoms with Crippen molar-refractivity contribution in [2.24, 2.45) is 0 Å². The van der Waals surface area contributed by atoms with Crippen LogP contribution in [0.3, 0.4) is 0 Å². The van der Waals surface area contributed by atoms with Gasteiger partial charge in [-0.25, -0.2) is 4.98 Å². The second-order valence-electron chi connectivity index (χ2n) is 4.43. The summed E-state index contributed by atoms with van der Waals surface area (Å²) in [6.45, 7) is -0.538. The second-order valence-corrected chi connectivity index (χ2v) is 4.43. The van der Waals surface area contributed by atoms with E-state index in [0.29, 0.717) is 4.57 Å². The normalized spacial score (nSPS) is 30.2. The van der Waals surface area contributed by atoms with Gasteiger partial charge in [-0.1, -0.05) is 0 Å². The van der Waals surface area contributed by atoms with Gasteiger partial charge in [0.05, 0.1) is 12.9 Å². The number of ether oxygens (including phenoxy) is 1. The van der Waals surface area contributed by atoms with Crippen LogP contribution in [0.5, 0.6) is 0 Å². The minimum atomic E-state index is -1.49. The summed E-state index contributed by atoms with van der Waals surface area (Å²) in [5, 5.41) is 36.5. The zero-order valence-corrected chi connectivity index (χ0v) is 10.1. The first kappa shape index (κ1) is 13.1. The van der Waals surface area contributed by atoms with Crippen molar-refractivity contribution in [2.45, 2.75) is 24.5 Å². The van der Waals surface area contributed by atoms with Gasteiger partial charge in [0.1, 0.15) is 23.8 Å². The number of rotatable bonds is 2. The standard InChI is InChI=1S/C10H12FN5O4/c11-10-15-8-4(13-2-14-8)7(12)16(10)9-6(19)5(18)3(1-17)20-9/h2-3,5-6,9,12,17-19H,1H2,(H,13,14)/t3-,5-,6+,9-/m1/s1. The van der Waals surface area contributed by atoms with E-state index in [1.807, 2.05) is 0 Å². The van der Waals surface area contributed by atoms with Crippen molar-refractivity contribution in [3.8, 4) is 0 Å². The van der Waals surface area contributed by atoms with Crippen LogP contribution in [-0.2, 0) is 4.74 Å². The van der Waals surface area contributed by atoms with E-state index in [2.05, 4.69) is 15.0 Å². The van der Waals surface area contributed by atoms with Crippen molar-refractivity contribution in [1.29, 1.82) is 5.41 Å². The Morgan fingerprint density at radius 3 is 2.85 bits per heavy atom. The topological polar surface area (TPSA) is 140 Å². The Hall–Kier alpha value is -1.88. The summed E-state index contributed by atoms with van der Waals surface area (Å²) in [4.78, 5) is 9.92. The van der Waals surface area contributed by atoms with Crippen LogP contribution in [0.2, 0.25) is 0 Å². The molecule has 0 unspecified atom stereocenters. The molecule has 1 fully saturated rings. The summed E-state index contributed by atoms with van der Waals surface area (Å²) in [7, 11) is 0. The number of hydrogen-bond donors (Lipinski definition) is 5. The van der Waals surface area contributed by atoms with Crippen LogP contribution in [0.1, 0.15) is 6.23 Å². The molecule has 1 aliphatic rings. The van der Waals surface area contributed by atoms with E-state index >= 15 is 0 Å². The number of aromatic nitrogens is 4.